The van der Waals surface area contributed by atoms with Crippen molar-refractivity contribution >= 4 is 67.6 Å². The number of fused-ring (bicyclic) bond motifs is 6. The number of benzene rings is 7. The molecular formula is C46H39N. The van der Waals surface area contributed by atoms with Crippen LogP contribution in [0.5, 0.6) is 0 Å². The molecule has 0 aliphatic heterocycles. The molecule has 1 aliphatic rings. The lowest BCUT2D eigenvalue weighted by Gasteiger charge is -2.26. The number of hydrogen-bond acceptors (Lipinski definition) is 1. The summed E-state index contributed by atoms with van der Waals surface area (Å²) in [6.45, 7) is 2.14. The highest BCUT2D eigenvalue weighted by molar-refractivity contribution is 6.25. The van der Waals surface area contributed by atoms with Gasteiger partial charge in [0.1, 0.15) is 0 Å². The largest absolute Gasteiger partial charge is 0.310 e. The highest BCUT2D eigenvalue weighted by atomic mass is 15.1. The van der Waals surface area contributed by atoms with E-state index in [2.05, 4.69) is 170 Å². The van der Waals surface area contributed by atoms with Crippen LogP contribution in [0.25, 0.3) is 50.5 Å². The fourth-order valence-corrected chi connectivity index (χ4v) is 7.19. The van der Waals surface area contributed by atoms with E-state index in [-0.39, 0.29) is 0 Å². The molecule has 1 fully saturated rings. The van der Waals surface area contributed by atoms with Gasteiger partial charge in [-0.15, -0.1) is 0 Å². The van der Waals surface area contributed by atoms with Crippen molar-refractivity contribution < 1.29 is 0 Å². The fraction of sp³-hybridized carbons (Fsp3) is 0.130. The van der Waals surface area contributed by atoms with Gasteiger partial charge in [0.2, 0.25) is 0 Å². The Morgan fingerprint density at radius 2 is 0.872 bits per heavy atom. The van der Waals surface area contributed by atoms with Crippen LogP contribution in [-0.2, 0) is 0 Å². The molecule has 0 saturated heterocycles. The van der Waals surface area contributed by atoms with Crippen LogP contribution in [0, 0.1) is 6.92 Å². The molecule has 0 atom stereocenters. The van der Waals surface area contributed by atoms with E-state index in [1.807, 2.05) is 0 Å². The molecule has 0 amide bonds. The van der Waals surface area contributed by atoms with Crippen LogP contribution in [0.15, 0.2) is 145 Å². The molecule has 47 heavy (non-hydrogen) atoms. The zero-order valence-corrected chi connectivity index (χ0v) is 27.0. The Hall–Kier alpha value is -5.40. The Labute approximate surface area is 278 Å². The SMILES string of the molecule is Cc1ccc(N(c2ccc(/C=C/c3ccc(C=C4CCCCC4)cc3)cc2)c2ccc3c4ccccc4c4ccccc4c3c2)cc1. The van der Waals surface area contributed by atoms with Gasteiger partial charge in [-0.05, 0) is 118 Å². The average Bonchev–Trinajstić information content (AvgIpc) is 3.13. The molecule has 1 aliphatic carbocycles. The number of hydrogen-bond donors (Lipinski definition) is 0. The smallest absolute Gasteiger partial charge is 0.0468 e. The normalized spacial score (nSPS) is 13.5. The predicted molar refractivity (Wildman–Crippen MR) is 205 cm³/mol. The van der Waals surface area contributed by atoms with Crippen LogP contribution >= 0.6 is 0 Å². The molecule has 1 saturated carbocycles. The van der Waals surface area contributed by atoms with Gasteiger partial charge in [-0.1, -0.05) is 139 Å². The molecule has 0 unspecified atom stereocenters. The summed E-state index contributed by atoms with van der Waals surface area (Å²) in [7, 11) is 0. The van der Waals surface area contributed by atoms with E-state index < -0.39 is 0 Å². The summed E-state index contributed by atoms with van der Waals surface area (Å²) in [5.41, 5.74) is 10.00. The summed E-state index contributed by atoms with van der Waals surface area (Å²) in [6, 6.07) is 51.2. The van der Waals surface area contributed by atoms with Crippen LogP contribution in [-0.4, -0.2) is 0 Å². The maximum absolute atomic E-state index is 2.39. The van der Waals surface area contributed by atoms with Gasteiger partial charge in [0.25, 0.3) is 0 Å². The molecular weight excluding hydrogens is 567 g/mol. The Morgan fingerprint density at radius 3 is 1.45 bits per heavy atom. The second-order valence-corrected chi connectivity index (χ2v) is 12.9. The average molecular weight is 606 g/mol. The van der Waals surface area contributed by atoms with E-state index in [9.17, 15) is 0 Å². The zero-order chi connectivity index (χ0) is 31.6. The Morgan fingerprint density at radius 1 is 0.426 bits per heavy atom. The van der Waals surface area contributed by atoms with Gasteiger partial charge in [-0.25, -0.2) is 0 Å². The van der Waals surface area contributed by atoms with Gasteiger partial charge in [0, 0.05) is 17.1 Å². The summed E-state index contributed by atoms with van der Waals surface area (Å²) in [5, 5.41) is 7.73. The lowest BCUT2D eigenvalue weighted by molar-refractivity contribution is 0.602. The minimum atomic E-state index is 1.13. The highest BCUT2D eigenvalue weighted by Gasteiger charge is 2.15. The Balaban J connectivity index is 1.13. The quantitative estimate of drug-likeness (QED) is 0.135. The Kier molecular flexibility index (Phi) is 7.89. The third-order valence-electron chi connectivity index (χ3n) is 9.70. The van der Waals surface area contributed by atoms with Crippen molar-refractivity contribution in [1.82, 2.24) is 0 Å². The molecule has 0 bridgehead atoms. The lowest BCUT2D eigenvalue weighted by Crippen LogP contribution is -2.10. The van der Waals surface area contributed by atoms with Crippen molar-refractivity contribution in [2.24, 2.45) is 0 Å². The monoisotopic (exact) mass is 605 g/mol. The summed E-state index contributed by atoms with van der Waals surface area (Å²) in [4.78, 5) is 2.37. The highest BCUT2D eigenvalue weighted by Crippen LogP contribution is 2.40. The molecule has 0 aromatic heterocycles. The molecule has 0 N–H and O–H groups in total. The number of rotatable bonds is 6. The molecule has 228 valence electrons. The van der Waals surface area contributed by atoms with Gasteiger partial charge >= 0.3 is 0 Å². The van der Waals surface area contributed by atoms with Crippen molar-refractivity contribution in [3.8, 4) is 0 Å². The molecule has 7 aromatic carbocycles. The van der Waals surface area contributed by atoms with E-state index >= 15 is 0 Å². The summed E-state index contributed by atoms with van der Waals surface area (Å²) < 4.78 is 0. The number of aryl methyl sites for hydroxylation is 1. The summed E-state index contributed by atoms with van der Waals surface area (Å²) in [6.07, 6.45) is 13.4. The summed E-state index contributed by atoms with van der Waals surface area (Å²) >= 11 is 0. The first kappa shape index (κ1) is 29.0. The van der Waals surface area contributed by atoms with E-state index in [4.69, 9.17) is 0 Å². The van der Waals surface area contributed by atoms with E-state index in [0.29, 0.717) is 0 Å². The van der Waals surface area contributed by atoms with E-state index in [0.717, 1.165) is 17.1 Å². The fourth-order valence-electron chi connectivity index (χ4n) is 7.19. The third kappa shape index (κ3) is 5.98. The summed E-state index contributed by atoms with van der Waals surface area (Å²) in [5.74, 6) is 0. The standard InChI is InChI=1S/C46H39N/c1-33-15-25-38(26-16-33)47(40-29-30-45-43-13-6-5-11-41(43)42-12-7-8-14-44(42)46(45)32-40)39-27-23-35(24-28-39)18-17-34-19-21-37(22-20-34)31-36-9-3-2-4-10-36/h5-8,11-32H,2-4,9-10H2,1H3/b18-17+. The molecule has 0 heterocycles. The molecule has 0 spiro atoms. The van der Waals surface area contributed by atoms with Crippen molar-refractivity contribution in [3.05, 3.63) is 167 Å². The van der Waals surface area contributed by atoms with Crippen LogP contribution in [0.3, 0.4) is 0 Å². The van der Waals surface area contributed by atoms with Crippen LogP contribution in [0.2, 0.25) is 0 Å². The number of nitrogens with zero attached hydrogens (tertiary/aromatic N) is 1. The van der Waals surface area contributed by atoms with Gasteiger partial charge < -0.3 is 4.90 Å². The first-order valence-corrected chi connectivity index (χ1v) is 17.0. The van der Waals surface area contributed by atoms with E-state index in [1.54, 1.807) is 5.57 Å². The third-order valence-corrected chi connectivity index (χ3v) is 9.70. The predicted octanol–water partition coefficient (Wildman–Crippen LogP) is 13.4. The van der Waals surface area contributed by atoms with Gasteiger partial charge in [-0.3, -0.25) is 0 Å². The van der Waals surface area contributed by atoms with Crippen LogP contribution in [0.1, 0.15) is 54.4 Å². The van der Waals surface area contributed by atoms with Crippen molar-refractivity contribution in [2.75, 3.05) is 4.90 Å². The molecule has 7 aromatic rings. The molecule has 1 heteroatoms. The number of allylic oxidation sites excluding steroid dienone is 1. The second kappa shape index (κ2) is 12.8. The molecule has 0 radical (unpaired) electrons. The topological polar surface area (TPSA) is 3.24 Å². The van der Waals surface area contributed by atoms with Crippen molar-refractivity contribution in [3.63, 3.8) is 0 Å². The maximum atomic E-state index is 2.39. The second-order valence-electron chi connectivity index (χ2n) is 12.9. The number of anilines is 3. The minimum absolute atomic E-state index is 1.13. The zero-order valence-electron chi connectivity index (χ0n) is 27.0. The first-order valence-electron chi connectivity index (χ1n) is 17.0. The van der Waals surface area contributed by atoms with Gasteiger partial charge in [0.05, 0.1) is 0 Å². The van der Waals surface area contributed by atoms with Gasteiger partial charge in [0.15, 0.2) is 0 Å². The Bertz CT molecular complexity index is 2210. The van der Waals surface area contributed by atoms with E-state index in [1.165, 1.54) is 86.7 Å². The minimum Gasteiger partial charge on any atom is -0.310 e. The van der Waals surface area contributed by atoms with Crippen LogP contribution < -0.4 is 4.90 Å². The van der Waals surface area contributed by atoms with Crippen LogP contribution in [0.4, 0.5) is 17.1 Å². The van der Waals surface area contributed by atoms with Crippen molar-refractivity contribution in [2.45, 2.75) is 39.0 Å². The first-order chi connectivity index (χ1) is 23.2. The van der Waals surface area contributed by atoms with Crippen molar-refractivity contribution in [1.29, 1.82) is 0 Å². The molecule has 8 rings (SSSR count). The van der Waals surface area contributed by atoms with Gasteiger partial charge in [-0.2, -0.15) is 0 Å². The lowest BCUT2D eigenvalue weighted by atomic mass is 9.93. The molecule has 1 nitrogen and oxygen atoms in total. The maximum Gasteiger partial charge on any atom is 0.0468 e.